The number of aryl methyl sites for hydroxylation is 1. The number of carboxylic acid groups (broad SMARTS) is 1. The Labute approximate surface area is 133 Å². The Morgan fingerprint density at radius 1 is 1.50 bits per heavy atom. The van der Waals surface area contributed by atoms with Crippen LogP contribution in [0.2, 0.25) is 0 Å². The Morgan fingerprint density at radius 3 is 2.86 bits per heavy atom. The van der Waals surface area contributed by atoms with Crippen molar-refractivity contribution >= 4 is 23.0 Å². The lowest BCUT2D eigenvalue weighted by Crippen LogP contribution is -2.09. The van der Waals surface area contributed by atoms with Crippen LogP contribution in [0.4, 0.5) is 5.69 Å². The number of nitrogens with zero attached hydrogens (tertiary/aromatic N) is 2. The fraction of sp³-hybridized carbons (Fsp3) is 0.375. The zero-order chi connectivity index (χ0) is 16.1. The van der Waals surface area contributed by atoms with Crippen molar-refractivity contribution in [1.82, 2.24) is 4.57 Å². The fourth-order valence-electron chi connectivity index (χ4n) is 1.90. The highest BCUT2D eigenvalue weighted by atomic mass is 32.1. The molecule has 1 atom stereocenters. The molecule has 0 aliphatic rings. The molecule has 1 N–H and O–H groups in total. The summed E-state index contributed by atoms with van der Waals surface area (Å²) in [5.74, 6) is -0.799. The van der Waals surface area contributed by atoms with Gasteiger partial charge in [0.05, 0.1) is 12.5 Å². The first-order valence-corrected chi connectivity index (χ1v) is 8.05. The van der Waals surface area contributed by atoms with Crippen LogP contribution >= 0.6 is 11.3 Å². The third-order valence-corrected chi connectivity index (χ3v) is 4.14. The van der Waals surface area contributed by atoms with E-state index in [9.17, 15) is 4.79 Å². The highest BCUT2D eigenvalue weighted by molar-refractivity contribution is 7.07. The van der Waals surface area contributed by atoms with Gasteiger partial charge in [-0.3, -0.25) is 4.79 Å². The molecule has 0 bridgehead atoms. The summed E-state index contributed by atoms with van der Waals surface area (Å²) in [6, 6.07) is 5.39. The SMILES string of the molecule is CCCOc1cc(C(C)C(=O)O)ccc1/N=c1\sccn1C. The smallest absolute Gasteiger partial charge is 0.310 e. The van der Waals surface area contributed by atoms with E-state index in [2.05, 4.69) is 4.99 Å². The van der Waals surface area contributed by atoms with Crippen LogP contribution in [-0.2, 0) is 11.8 Å². The Bertz CT molecular complexity index is 718. The first-order valence-electron chi connectivity index (χ1n) is 7.17. The van der Waals surface area contributed by atoms with E-state index in [1.807, 2.05) is 36.2 Å². The summed E-state index contributed by atoms with van der Waals surface area (Å²) in [5.41, 5.74) is 1.43. The number of hydrogen-bond acceptors (Lipinski definition) is 4. The van der Waals surface area contributed by atoms with Gasteiger partial charge in [0.2, 0.25) is 0 Å². The van der Waals surface area contributed by atoms with E-state index in [0.29, 0.717) is 23.6 Å². The highest BCUT2D eigenvalue weighted by Gasteiger charge is 2.16. The van der Waals surface area contributed by atoms with Crippen molar-refractivity contribution in [3.63, 3.8) is 0 Å². The molecule has 0 spiro atoms. The summed E-state index contributed by atoms with van der Waals surface area (Å²) in [6.07, 6.45) is 2.82. The summed E-state index contributed by atoms with van der Waals surface area (Å²) in [5, 5.41) is 11.1. The molecule has 2 rings (SSSR count). The van der Waals surface area contributed by atoms with Gasteiger partial charge in [-0.1, -0.05) is 13.0 Å². The second-order valence-electron chi connectivity index (χ2n) is 5.04. The fourth-order valence-corrected chi connectivity index (χ4v) is 2.64. The van der Waals surface area contributed by atoms with Gasteiger partial charge in [-0.2, -0.15) is 0 Å². The standard InChI is InChI=1S/C16H20N2O3S/c1-4-8-21-14-10-12(11(2)15(19)20)5-6-13(14)17-16-18(3)7-9-22-16/h5-7,9-11H,4,8H2,1-3H3,(H,19,20)/b17-16-. The van der Waals surface area contributed by atoms with Gasteiger partial charge in [-0.15, -0.1) is 11.3 Å². The molecule has 1 aromatic carbocycles. The lowest BCUT2D eigenvalue weighted by atomic mass is 10.0. The number of benzene rings is 1. The number of hydrogen-bond donors (Lipinski definition) is 1. The molecule has 0 saturated carbocycles. The van der Waals surface area contributed by atoms with Crippen LogP contribution in [-0.4, -0.2) is 22.2 Å². The van der Waals surface area contributed by atoms with Crippen molar-refractivity contribution in [2.75, 3.05) is 6.61 Å². The van der Waals surface area contributed by atoms with Crippen LogP contribution in [0, 0.1) is 0 Å². The quantitative estimate of drug-likeness (QED) is 0.888. The molecule has 118 valence electrons. The topological polar surface area (TPSA) is 63.8 Å². The van der Waals surface area contributed by atoms with Gasteiger partial charge < -0.3 is 14.4 Å². The van der Waals surface area contributed by atoms with Gasteiger partial charge in [-0.05, 0) is 31.0 Å². The lowest BCUT2D eigenvalue weighted by Gasteiger charge is -2.12. The molecule has 1 aromatic heterocycles. The number of aliphatic carboxylic acids is 1. The van der Waals surface area contributed by atoms with Crippen molar-refractivity contribution < 1.29 is 14.6 Å². The van der Waals surface area contributed by atoms with Gasteiger partial charge in [0.1, 0.15) is 11.4 Å². The number of carboxylic acids is 1. The maximum Gasteiger partial charge on any atom is 0.310 e. The second kappa shape index (κ2) is 7.26. The molecule has 6 heteroatoms. The summed E-state index contributed by atoms with van der Waals surface area (Å²) < 4.78 is 7.69. The maximum absolute atomic E-state index is 11.1. The summed E-state index contributed by atoms with van der Waals surface area (Å²) in [6.45, 7) is 4.27. The zero-order valence-electron chi connectivity index (χ0n) is 12.9. The molecule has 0 amide bonds. The summed E-state index contributed by atoms with van der Waals surface area (Å²) >= 11 is 1.54. The van der Waals surface area contributed by atoms with E-state index >= 15 is 0 Å². The number of ether oxygens (including phenoxy) is 1. The van der Waals surface area contributed by atoms with Crippen molar-refractivity contribution in [3.05, 3.63) is 40.1 Å². The normalized spacial score (nSPS) is 13.1. The lowest BCUT2D eigenvalue weighted by molar-refractivity contribution is -0.138. The van der Waals surface area contributed by atoms with Crippen molar-refractivity contribution in [3.8, 4) is 5.75 Å². The minimum absolute atomic E-state index is 0.573. The molecule has 1 heterocycles. The summed E-state index contributed by atoms with van der Waals surface area (Å²) in [7, 11) is 1.93. The molecule has 5 nitrogen and oxygen atoms in total. The Morgan fingerprint density at radius 2 is 2.27 bits per heavy atom. The number of rotatable bonds is 6. The first-order chi connectivity index (χ1) is 10.5. The Hall–Kier alpha value is -2.08. The van der Waals surface area contributed by atoms with Crippen molar-refractivity contribution in [2.45, 2.75) is 26.2 Å². The predicted octanol–water partition coefficient (Wildman–Crippen LogP) is 3.30. The van der Waals surface area contributed by atoms with E-state index in [-0.39, 0.29) is 0 Å². The van der Waals surface area contributed by atoms with Gasteiger partial charge in [-0.25, -0.2) is 4.99 Å². The molecular weight excluding hydrogens is 300 g/mol. The van der Waals surface area contributed by atoms with Gasteiger partial charge >= 0.3 is 5.97 Å². The molecule has 0 aliphatic heterocycles. The monoisotopic (exact) mass is 320 g/mol. The number of thiazole rings is 1. The van der Waals surface area contributed by atoms with Crippen LogP contribution in [0.3, 0.4) is 0 Å². The van der Waals surface area contributed by atoms with Crippen LogP contribution in [0.15, 0.2) is 34.8 Å². The summed E-state index contributed by atoms with van der Waals surface area (Å²) in [4.78, 5) is 16.6. The molecular formula is C16H20N2O3S. The molecule has 0 radical (unpaired) electrons. The van der Waals surface area contributed by atoms with Crippen LogP contribution in [0.5, 0.6) is 5.75 Å². The van der Waals surface area contributed by atoms with E-state index in [1.165, 1.54) is 11.3 Å². The Kier molecular flexibility index (Phi) is 5.38. The Balaban J connectivity index is 2.45. The van der Waals surface area contributed by atoms with Crippen molar-refractivity contribution in [2.24, 2.45) is 12.0 Å². The largest absolute Gasteiger partial charge is 0.491 e. The molecule has 2 aromatic rings. The number of carbonyl (C=O) groups is 1. The van der Waals surface area contributed by atoms with Crippen LogP contribution in [0.1, 0.15) is 31.7 Å². The first kappa shape index (κ1) is 16.3. The highest BCUT2D eigenvalue weighted by Crippen LogP contribution is 2.31. The maximum atomic E-state index is 11.1. The van der Waals surface area contributed by atoms with Gasteiger partial charge in [0.25, 0.3) is 0 Å². The second-order valence-corrected chi connectivity index (χ2v) is 5.92. The predicted molar refractivity (Wildman–Crippen MR) is 86.8 cm³/mol. The molecule has 1 unspecified atom stereocenters. The number of aromatic nitrogens is 1. The average molecular weight is 320 g/mol. The average Bonchev–Trinajstić information content (AvgIpc) is 2.90. The van der Waals surface area contributed by atoms with Crippen LogP contribution < -0.4 is 9.54 Å². The minimum atomic E-state index is -0.851. The molecule has 0 fully saturated rings. The van der Waals surface area contributed by atoms with Gasteiger partial charge in [0.15, 0.2) is 4.80 Å². The van der Waals surface area contributed by atoms with E-state index in [0.717, 1.165) is 11.2 Å². The van der Waals surface area contributed by atoms with Crippen molar-refractivity contribution in [1.29, 1.82) is 0 Å². The van der Waals surface area contributed by atoms with Crippen LogP contribution in [0.25, 0.3) is 0 Å². The van der Waals surface area contributed by atoms with E-state index in [1.54, 1.807) is 19.1 Å². The minimum Gasteiger partial charge on any atom is -0.491 e. The van der Waals surface area contributed by atoms with E-state index in [4.69, 9.17) is 9.84 Å². The molecule has 0 saturated heterocycles. The van der Waals surface area contributed by atoms with E-state index < -0.39 is 11.9 Å². The van der Waals surface area contributed by atoms with Gasteiger partial charge in [0, 0.05) is 18.6 Å². The third kappa shape index (κ3) is 3.76. The molecule has 22 heavy (non-hydrogen) atoms. The zero-order valence-corrected chi connectivity index (χ0v) is 13.8. The third-order valence-electron chi connectivity index (χ3n) is 3.29. The molecule has 0 aliphatic carbocycles.